The van der Waals surface area contributed by atoms with Crippen molar-refractivity contribution in [3.8, 4) is 0 Å². The van der Waals surface area contributed by atoms with E-state index < -0.39 is 0 Å². The molecule has 1 aromatic rings. The van der Waals surface area contributed by atoms with Crippen LogP contribution in [0.25, 0.3) is 0 Å². The molecule has 0 heterocycles. The fourth-order valence-corrected chi connectivity index (χ4v) is 1.79. The Kier molecular flexibility index (Phi) is 6.01. The van der Waals surface area contributed by atoms with E-state index in [-0.39, 0.29) is 5.91 Å². The molecular formula is C13H19ClN2O. The van der Waals surface area contributed by atoms with Crippen LogP contribution in [0.1, 0.15) is 24.2 Å². The molecule has 0 spiro atoms. The quantitative estimate of drug-likeness (QED) is 0.846. The van der Waals surface area contributed by atoms with Crippen LogP contribution in [-0.2, 0) is 0 Å². The average Bonchev–Trinajstić information content (AvgIpc) is 2.34. The first kappa shape index (κ1) is 14.0. The van der Waals surface area contributed by atoms with Crippen molar-refractivity contribution < 1.29 is 4.79 Å². The molecule has 1 aromatic carbocycles. The molecule has 0 aliphatic heterocycles. The first-order valence-electron chi connectivity index (χ1n) is 5.93. The van der Waals surface area contributed by atoms with Crippen molar-refractivity contribution in [2.45, 2.75) is 13.8 Å². The first-order chi connectivity index (χ1) is 8.17. The van der Waals surface area contributed by atoms with E-state index in [1.165, 1.54) is 0 Å². The summed E-state index contributed by atoms with van der Waals surface area (Å²) in [6.07, 6.45) is 0. The van der Waals surface area contributed by atoms with Gasteiger partial charge in [0.15, 0.2) is 0 Å². The summed E-state index contributed by atoms with van der Waals surface area (Å²) in [7, 11) is 0. The predicted molar refractivity (Wildman–Crippen MR) is 71.6 cm³/mol. The molecule has 1 amide bonds. The minimum Gasteiger partial charge on any atom is -0.351 e. The number of halogens is 1. The van der Waals surface area contributed by atoms with Crippen molar-refractivity contribution in [1.29, 1.82) is 0 Å². The average molecular weight is 255 g/mol. The monoisotopic (exact) mass is 254 g/mol. The van der Waals surface area contributed by atoms with E-state index in [2.05, 4.69) is 24.1 Å². The smallest absolute Gasteiger partial charge is 0.251 e. The van der Waals surface area contributed by atoms with Crippen LogP contribution in [0.3, 0.4) is 0 Å². The van der Waals surface area contributed by atoms with Crippen molar-refractivity contribution >= 4 is 17.5 Å². The summed E-state index contributed by atoms with van der Waals surface area (Å²) in [5.74, 6) is -0.0698. The molecule has 0 fully saturated rings. The van der Waals surface area contributed by atoms with Gasteiger partial charge in [-0.3, -0.25) is 4.79 Å². The Morgan fingerprint density at radius 1 is 1.35 bits per heavy atom. The van der Waals surface area contributed by atoms with Crippen molar-refractivity contribution in [3.63, 3.8) is 0 Å². The van der Waals surface area contributed by atoms with Crippen LogP contribution in [0.4, 0.5) is 0 Å². The molecule has 0 aliphatic carbocycles. The van der Waals surface area contributed by atoms with Crippen LogP contribution in [0.5, 0.6) is 0 Å². The highest BCUT2D eigenvalue weighted by atomic mass is 35.5. The molecule has 17 heavy (non-hydrogen) atoms. The molecule has 0 aromatic heterocycles. The highest BCUT2D eigenvalue weighted by Crippen LogP contribution is 2.10. The molecule has 1 N–H and O–H groups in total. The maximum atomic E-state index is 11.8. The fraction of sp³-hybridized carbons (Fsp3) is 0.462. The Morgan fingerprint density at radius 2 is 2.06 bits per heavy atom. The Morgan fingerprint density at radius 3 is 2.65 bits per heavy atom. The number of likely N-dealkylation sites (N-methyl/N-ethyl adjacent to an activating group) is 1. The van der Waals surface area contributed by atoms with Gasteiger partial charge in [-0.05, 0) is 31.3 Å². The van der Waals surface area contributed by atoms with Crippen molar-refractivity contribution in [2.24, 2.45) is 0 Å². The van der Waals surface area contributed by atoms with Crippen molar-refractivity contribution in [1.82, 2.24) is 10.2 Å². The predicted octanol–water partition coefficient (Wildman–Crippen LogP) is 2.41. The number of benzene rings is 1. The maximum absolute atomic E-state index is 11.8. The number of hydrogen-bond donors (Lipinski definition) is 1. The summed E-state index contributed by atoms with van der Waals surface area (Å²) in [5.41, 5.74) is 0.608. The molecule has 0 saturated heterocycles. The lowest BCUT2D eigenvalue weighted by atomic mass is 10.2. The molecule has 0 saturated carbocycles. The molecular weight excluding hydrogens is 236 g/mol. The SMILES string of the molecule is CCN(CC)CCNC(=O)c1cccc(Cl)c1. The first-order valence-corrected chi connectivity index (χ1v) is 6.31. The fourth-order valence-electron chi connectivity index (χ4n) is 1.60. The van der Waals surface area contributed by atoms with E-state index in [1.54, 1.807) is 24.3 Å². The van der Waals surface area contributed by atoms with Gasteiger partial charge < -0.3 is 10.2 Å². The third kappa shape index (κ3) is 4.75. The lowest BCUT2D eigenvalue weighted by molar-refractivity contribution is 0.0949. The molecule has 0 unspecified atom stereocenters. The zero-order chi connectivity index (χ0) is 12.7. The number of rotatable bonds is 6. The summed E-state index contributed by atoms with van der Waals surface area (Å²) >= 11 is 5.83. The van der Waals surface area contributed by atoms with Gasteiger partial charge in [0.2, 0.25) is 0 Å². The third-order valence-corrected chi connectivity index (χ3v) is 2.93. The van der Waals surface area contributed by atoms with Gasteiger partial charge in [0, 0.05) is 23.7 Å². The van der Waals surface area contributed by atoms with E-state index in [0.717, 1.165) is 19.6 Å². The van der Waals surface area contributed by atoms with E-state index in [1.807, 2.05) is 0 Å². The van der Waals surface area contributed by atoms with Crippen LogP contribution in [0.15, 0.2) is 24.3 Å². The molecule has 0 bridgehead atoms. The van der Waals surface area contributed by atoms with Gasteiger partial charge in [0.1, 0.15) is 0 Å². The minimum absolute atomic E-state index is 0.0698. The van der Waals surface area contributed by atoms with E-state index in [4.69, 9.17) is 11.6 Å². The number of carbonyl (C=O) groups excluding carboxylic acids is 1. The van der Waals surface area contributed by atoms with E-state index in [9.17, 15) is 4.79 Å². The number of nitrogens with zero attached hydrogens (tertiary/aromatic N) is 1. The van der Waals surface area contributed by atoms with Gasteiger partial charge in [0.25, 0.3) is 5.91 Å². The summed E-state index contributed by atoms with van der Waals surface area (Å²) in [5, 5.41) is 3.47. The standard InChI is InChI=1S/C13H19ClN2O/c1-3-16(4-2)9-8-15-13(17)11-6-5-7-12(14)10-11/h5-7,10H,3-4,8-9H2,1-2H3,(H,15,17). The minimum atomic E-state index is -0.0698. The zero-order valence-electron chi connectivity index (χ0n) is 10.4. The third-order valence-electron chi connectivity index (χ3n) is 2.69. The Labute approximate surface area is 108 Å². The normalized spacial score (nSPS) is 10.6. The molecule has 3 nitrogen and oxygen atoms in total. The van der Waals surface area contributed by atoms with Gasteiger partial charge in [-0.15, -0.1) is 0 Å². The van der Waals surface area contributed by atoms with Crippen LogP contribution in [0.2, 0.25) is 5.02 Å². The van der Waals surface area contributed by atoms with Gasteiger partial charge in [-0.25, -0.2) is 0 Å². The molecule has 0 atom stereocenters. The lowest BCUT2D eigenvalue weighted by Crippen LogP contribution is -2.34. The highest BCUT2D eigenvalue weighted by molar-refractivity contribution is 6.30. The summed E-state index contributed by atoms with van der Waals surface area (Å²) in [6, 6.07) is 6.97. The Hall–Kier alpha value is -1.06. The van der Waals surface area contributed by atoms with E-state index >= 15 is 0 Å². The second kappa shape index (κ2) is 7.30. The Balaban J connectivity index is 2.40. The Bertz CT molecular complexity index is 364. The summed E-state index contributed by atoms with van der Waals surface area (Å²) in [6.45, 7) is 7.77. The van der Waals surface area contributed by atoms with Crippen molar-refractivity contribution in [2.75, 3.05) is 26.2 Å². The summed E-state index contributed by atoms with van der Waals surface area (Å²) < 4.78 is 0. The second-order valence-electron chi connectivity index (χ2n) is 3.79. The topological polar surface area (TPSA) is 32.3 Å². The summed E-state index contributed by atoms with van der Waals surface area (Å²) in [4.78, 5) is 14.0. The van der Waals surface area contributed by atoms with Gasteiger partial charge in [0.05, 0.1) is 0 Å². The molecule has 94 valence electrons. The van der Waals surface area contributed by atoms with Crippen LogP contribution < -0.4 is 5.32 Å². The zero-order valence-corrected chi connectivity index (χ0v) is 11.1. The number of amides is 1. The van der Waals surface area contributed by atoms with Gasteiger partial charge in [-0.2, -0.15) is 0 Å². The molecule has 0 radical (unpaired) electrons. The lowest BCUT2D eigenvalue weighted by Gasteiger charge is -2.17. The van der Waals surface area contributed by atoms with Crippen LogP contribution >= 0.6 is 11.6 Å². The number of nitrogens with one attached hydrogen (secondary N) is 1. The van der Waals surface area contributed by atoms with E-state index in [0.29, 0.717) is 17.1 Å². The second-order valence-corrected chi connectivity index (χ2v) is 4.23. The highest BCUT2D eigenvalue weighted by Gasteiger charge is 2.05. The molecule has 4 heteroatoms. The van der Waals surface area contributed by atoms with Gasteiger partial charge >= 0.3 is 0 Å². The van der Waals surface area contributed by atoms with Gasteiger partial charge in [-0.1, -0.05) is 31.5 Å². The van der Waals surface area contributed by atoms with Crippen LogP contribution in [-0.4, -0.2) is 37.0 Å². The maximum Gasteiger partial charge on any atom is 0.251 e. The molecule has 1 rings (SSSR count). The van der Waals surface area contributed by atoms with Crippen LogP contribution in [0, 0.1) is 0 Å². The number of carbonyl (C=O) groups is 1. The number of hydrogen-bond acceptors (Lipinski definition) is 2. The largest absolute Gasteiger partial charge is 0.351 e. The molecule has 0 aliphatic rings. The van der Waals surface area contributed by atoms with Crippen molar-refractivity contribution in [3.05, 3.63) is 34.9 Å².